The third-order valence-electron chi connectivity index (χ3n) is 2.14. The van der Waals surface area contributed by atoms with Crippen molar-refractivity contribution in [3.63, 3.8) is 0 Å². The maximum Gasteiger partial charge on any atom is 0.285 e. The number of hydrogen-bond acceptors (Lipinski definition) is 4. The van der Waals surface area contributed by atoms with E-state index in [0.29, 0.717) is 5.69 Å². The summed E-state index contributed by atoms with van der Waals surface area (Å²) >= 11 is 5.77. The van der Waals surface area contributed by atoms with Crippen LogP contribution in [0.25, 0.3) is 0 Å². The van der Waals surface area contributed by atoms with Crippen LogP contribution in [0.5, 0.6) is 0 Å². The van der Waals surface area contributed by atoms with Gasteiger partial charge in [0.15, 0.2) is 0 Å². The highest BCUT2D eigenvalue weighted by molar-refractivity contribution is 6.32. The van der Waals surface area contributed by atoms with E-state index in [4.69, 9.17) is 16.7 Å². The number of anilines is 1. The van der Waals surface area contributed by atoms with Crippen molar-refractivity contribution in [1.29, 1.82) is 0 Å². The largest absolute Gasteiger partial charge is 0.394 e. The number of aliphatic hydroxyl groups excluding tert-OH is 1. The second-order valence-electron chi connectivity index (χ2n) is 3.60. The average Bonchev–Trinajstić information content (AvgIpc) is 2.19. The normalized spacial score (nSPS) is 12.9. The Labute approximate surface area is 92.5 Å². The molecule has 0 bridgehead atoms. The summed E-state index contributed by atoms with van der Waals surface area (Å²) in [7, 11) is 0. The lowest BCUT2D eigenvalue weighted by atomic mass is 10.1. The zero-order valence-electron chi connectivity index (χ0n) is 8.62. The monoisotopic (exact) mass is 231 g/mol. The van der Waals surface area contributed by atoms with Gasteiger partial charge in [-0.2, -0.15) is 5.10 Å². The van der Waals surface area contributed by atoms with E-state index in [0.717, 1.165) is 0 Å². The molecule has 5 nitrogen and oxygen atoms in total. The molecule has 0 spiro atoms. The summed E-state index contributed by atoms with van der Waals surface area (Å²) in [6.45, 7) is 3.89. The van der Waals surface area contributed by atoms with Crippen LogP contribution in [0, 0.1) is 5.92 Å². The van der Waals surface area contributed by atoms with Crippen molar-refractivity contribution < 1.29 is 5.11 Å². The fourth-order valence-electron chi connectivity index (χ4n) is 1.11. The Morgan fingerprint density at radius 3 is 2.87 bits per heavy atom. The maximum absolute atomic E-state index is 11.1. The van der Waals surface area contributed by atoms with E-state index >= 15 is 0 Å². The lowest BCUT2D eigenvalue weighted by Crippen LogP contribution is -2.30. The van der Waals surface area contributed by atoms with Crippen LogP contribution in [-0.2, 0) is 0 Å². The Morgan fingerprint density at radius 2 is 2.33 bits per heavy atom. The second kappa shape index (κ2) is 5.14. The van der Waals surface area contributed by atoms with Crippen molar-refractivity contribution in [1.82, 2.24) is 10.2 Å². The van der Waals surface area contributed by atoms with Gasteiger partial charge in [-0.3, -0.25) is 4.79 Å². The molecule has 0 fully saturated rings. The number of aromatic amines is 1. The molecule has 1 aromatic rings. The van der Waals surface area contributed by atoms with E-state index in [1.54, 1.807) is 0 Å². The predicted octanol–water partition coefficient (Wildman–Crippen LogP) is 0.852. The molecule has 1 rings (SSSR count). The molecule has 1 heterocycles. The first-order chi connectivity index (χ1) is 7.06. The Kier molecular flexibility index (Phi) is 4.11. The standard InChI is InChI=1S/C9H14ClN3O2/c1-5(2)7(4-14)12-6-3-11-13-9(15)8(6)10/h3,5,7,14H,4H2,1-2H3,(H2,12,13,15)/t7-/m1/s1. The first-order valence-corrected chi connectivity index (χ1v) is 5.04. The Balaban J connectivity index is 2.88. The highest BCUT2D eigenvalue weighted by Gasteiger charge is 2.14. The number of aliphatic hydroxyl groups is 1. The van der Waals surface area contributed by atoms with E-state index in [9.17, 15) is 4.79 Å². The molecule has 6 heteroatoms. The molecular formula is C9H14ClN3O2. The Bertz CT molecular complexity index is 378. The van der Waals surface area contributed by atoms with Crippen LogP contribution in [0.15, 0.2) is 11.0 Å². The van der Waals surface area contributed by atoms with Crippen LogP contribution >= 0.6 is 11.6 Å². The number of halogens is 1. The summed E-state index contributed by atoms with van der Waals surface area (Å²) in [6, 6.07) is -0.147. The first kappa shape index (κ1) is 12.0. The molecule has 0 saturated carbocycles. The molecule has 0 radical (unpaired) electrons. The summed E-state index contributed by atoms with van der Waals surface area (Å²) < 4.78 is 0. The molecule has 0 unspecified atom stereocenters. The number of aromatic nitrogens is 2. The fraction of sp³-hybridized carbons (Fsp3) is 0.556. The number of hydrogen-bond donors (Lipinski definition) is 3. The summed E-state index contributed by atoms with van der Waals surface area (Å²) in [5.41, 5.74) is -0.00437. The Hall–Kier alpha value is -1.07. The first-order valence-electron chi connectivity index (χ1n) is 4.66. The number of nitrogens with zero attached hydrogens (tertiary/aromatic N) is 1. The summed E-state index contributed by atoms with van der Waals surface area (Å²) in [5, 5.41) is 18.0. The van der Waals surface area contributed by atoms with Gasteiger partial charge in [-0.15, -0.1) is 0 Å². The van der Waals surface area contributed by atoms with Gasteiger partial charge in [-0.1, -0.05) is 25.4 Å². The lowest BCUT2D eigenvalue weighted by Gasteiger charge is -2.21. The van der Waals surface area contributed by atoms with Gasteiger partial charge in [-0.05, 0) is 5.92 Å². The average molecular weight is 232 g/mol. The van der Waals surface area contributed by atoms with Gasteiger partial charge in [0, 0.05) is 0 Å². The fourth-order valence-corrected chi connectivity index (χ4v) is 1.25. The third-order valence-corrected chi connectivity index (χ3v) is 2.51. The quantitative estimate of drug-likeness (QED) is 0.718. The zero-order valence-corrected chi connectivity index (χ0v) is 9.38. The molecule has 0 amide bonds. The van der Waals surface area contributed by atoms with Crippen molar-refractivity contribution in [3.05, 3.63) is 21.6 Å². The van der Waals surface area contributed by atoms with Crippen molar-refractivity contribution in [2.24, 2.45) is 5.92 Å². The van der Waals surface area contributed by atoms with E-state index in [-0.39, 0.29) is 23.6 Å². The summed E-state index contributed by atoms with van der Waals surface area (Å²) in [6.07, 6.45) is 1.43. The molecule has 0 aliphatic rings. The molecule has 0 aliphatic heterocycles. The summed E-state index contributed by atoms with van der Waals surface area (Å²) in [4.78, 5) is 11.1. The minimum Gasteiger partial charge on any atom is -0.394 e. The number of nitrogens with one attached hydrogen (secondary N) is 2. The van der Waals surface area contributed by atoms with E-state index in [2.05, 4.69) is 15.5 Å². The third kappa shape index (κ3) is 2.94. The predicted molar refractivity (Wildman–Crippen MR) is 59.2 cm³/mol. The van der Waals surface area contributed by atoms with Gasteiger partial charge >= 0.3 is 0 Å². The highest BCUT2D eigenvalue weighted by atomic mass is 35.5. The molecule has 15 heavy (non-hydrogen) atoms. The number of rotatable bonds is 4. The minimum atomic E-state index is -0.442. The molecule has 84 valence electrons. The van der Waals surface area contributed by atoms with Gasteiger partial charge in [0.1, 0.15) is 5.02 Å². The molecule has 0 saturated heterocycles. The van der Waals surface area contributed by atoms with Crippen LogP contribution < -0.4 is 10.9 Å². The van der Waals surface area contributed by atoms with Crippen molar-refractivity contribution in [3.8, 4) is 0 Å². The lowest BCUT2D eigenvalue weighted by molar-refractivity contribution is 0.249. The van der Waals surface area contributed by atoms with E-state index in [1.807, 2.05) is 13.8 Å². The van der Waals surface area contributed by atoms with Crippen LogP contribution in [0.4, 0.5) is 5.69 Å². The van der Waals surface area contributed by atoms with Crippen molar-refractivity contribution in [2.75, 3.05) is 11.9 Å². The van der Waals surface area contributed by atoms with Gasteiger partial charge in [-0.25, -0.2) is 5.10 Å². The highest BCUT2D eigenvalue weighted by Crippen LogP contribution is 2.17. The number of H-pyrrole nitrogens is 1. The van der Waals surface area contributed by atoms with Crippen molar-refractivity contribution >= 4 is 17.3 Å². The molecular weight excluding hydrogens is 218 g/mol. The summed E-state index contributed by atoms with van der Waals surface area (Å²) in [5.74, 6) is 0.227. The second-order valence-corrected chi connectivity index (χ2v) is 3.98. The van der Waals surface area contributed by atoms with Crippen molar-refractivity contribution in [2.45, 2.75) is 19.9 Å². The van der Waals surface area contributed by atoms with Gasteiger partial charge in [0.2, 0.25) is 0 Å². The Morgan fingerprint density at radius 1 is 1.67 bits per heavy atom. The van der Waals surface area contributed by atoms with E-state index < -0.39 is 5.56 Å². The zero-order chi connectivity index (χ0) is 11.4. The molecule has 0 aliphatic carbocycles. The molecule has 3 N–H and O–H groups in total. The minimum absolute atomic E-state index is 0.0270. The van der Waals surface area contributed by atoms with Gasteiger partial charge in [0.25, 0.3) is 5.56 Å². The van der Waals surface area contributed by atoms with Crippen LogP contribution in [0.1, 0.15) is 13.8 Å². The van der Waals surface area contributed by atoms with Crippen LogP contribution in [0.2, 0.25) is 5.02 Å². The molecule has 1 aromatic heterocycles. The maximum atomic E-state index is 11.1. The van der Waals surface area contributed by atoms with Gasteiger partial charge < -0.3 is 10.4 Å². The van der Waals surface area contributed by atoms with Crippen LogP contribution in [-0.4, -0.2) is 28.0 Å². The molecule has 0 aromatic carbocycles. The van der Waals surface area contributed by atoms with E-state index in [1.165, 1.54) is 6.20 Å². The van der Waals surface area contributed by atoms with Crippen LogP contribution in [0.3, 0.4) is 0 Å². The topological polar surface area (TPSA) is 78.0 Å². The van der Waals surface area contributed by atoms with Gasteiger partial charge in [0.05, 0.1) is 24.5 Å². The SMILES string of the molecule is CC(C)[C@@H](CO)Nc1cn[nH]c(=O)c1Cl. The molecule has 1 atom stereocenters. The smallest absolute Gasteiger partial charge is 0.285 e.